The van der Waals surface area contributed by atoms with Crippen LogP contribution in [0.15, 0.2) is 48.7 Å². The van der Waals surface area contributed by atoms with Crippen molar-refractivity contribution in [2.45, 2.75) is 6.92 Å². The van der Waals surface area contributed by atoms with Crippen molar-refractivity contribution in [1.29, 1.82) is 0 Å². The maximum Gasteiger partial charge on any atom is 0.359 e. The fourth-order valence-corrected chi connectivity index (χ4v) is 1.47. The Morgan fingerprint density at radius 1 is 1.42 bits per heavy atom. The van der Waals surface area contributed by atoms with Gasteiger partial charge in [-0.25, -0.2) is 13.9 Å². The van der Waals surface area contributed by atoms with Crippen LogP contribution in [0, 0.1) is 5.82 Å². The number of para-hydroxylation sites is 1. The molecule has 0 saturated carbocycles. The topological polar surface area (TPSA) is 44.1 Å². The van der Waals surface area contributed by atoms with Crippen LogP contribution in [0.2, 0.25) is 0 Å². The predicted molar refractivity (Wildman–Crippen MR) is 68.6 cm³/mol. The van der Waals surface area contributed by atoms with E-state index < -0.39 is 11.8 Å². The smallest absolute Gasteiger partial charge is 0.359 e. The maximum absolute atomic E-state index is 13.6. The summed E-state index contributed by atoms with van der Waals surface area (Å²) in [6.07, 6.45) is 1.51. The zero-order chi connectivity index (χ0) is 13.8. The molecule has 0 fully saturated rings. The van der Waals surface area contributed by atoms with Crippen LogP contribution in [0.3, 0.4) is 0 Å². The van der Waals surface area contributed by atoms with Crippen LogP contribution in [0.1, 0.15) is 17.4 Å². The summed E-state index contributed by atoms with van der Waals surface area (Å²) in [5.41, 5.74) is 1.15. The number of aromatic nitrogens is 2. The molecule has 0 atom stereocenters. The lowest BCUT2D eigenvalue weighted by atomic mass is 10.3. The van der Waals surface area contributed by atoms with Crippen molar-refractivity contribution in [1.82, 2.24) is 9.78 Å². The molecule has 4 nitrogen and oxygen atoms in total. The molecule has 5 heteroatoms. The Bertz CT molecular complexity index is 619. The summed E-state index contributed by atoms with van der Waals surface area (Å²) in [4.78, 5) is 11.6. The highest BCUT2D eigenvalue weighted by Gasteiger charge is 2.12. The van der Waals surface area contributed by atoms with Gasteiger partial charge in [-0.05, 0) is 30.7 Å². The zero-order valence-electron chi connectivity index (χ0n) is 10.5. The molecular weight excluding hydrogens is 247 g/mol. The molecule has 0 saturated heterocycles. The number of ether oxygens (including phenoxy) is 1. The van der Waals surface area contributed by atoms with E-state index in [0.29, 0.717) is 0 Å². The molecule has 0 N–H and O–H groups in total. The SMILES string of the molecule is C=C(C)COC(=O)c1ccn(-c2ccccc2F)n1. The van der Waals surface area contributed by atoms with E-state index in [1.807, 2.05) is 0 Å². The van der Waals surface area contributed by atoms with Crippen molar-refractivity contribution in [3.8, 4) is 5.69 Å². The number of rotatable bonds is 4. The summed E-state index contributed by atoms with van der Waals surface area (Å²) >= 11 is 0. The van der Waals surface area contributed by atoms with Gasteiger partial charge in [0.25, 0.3) is 0 Å². The van der Waals surface area contributed by atoms with Gasteiger partial charge in [0.15, 0.2) is 5.69 Å². The van der Waals surface area contributed by atoms with E-state index in [2.05, 4.69) is 11.7 Å². The number of halogens is 1. The molecule has 0 amide bonds. The van der Waals surface area contributed by atoms with Crippen molar-refractivity contribution >= 4 is 5.97 Å². The van der Waals surface area contributed by atoms with Gasteiger partial charge in [-0.3, -0.25) is 0 Å². The Labute approximate surface area is 110 Å². The molecule has 0 radical (unpaired) electrons. The Kier molecular flexibility index (Phi) is 3.75. The van der Waals surface area contributed by atoms with Gasteiger partial charge in [0.2, 0.25) is 0 Å². The normalized spacial score (nSPS) is 10.2. The summed E-state index contributed by atoms with van der Waals surface area (Å²) < 4.78 is 19.8. The van der Waals surface area contributed by atoms with Crippen LogP contribution in [-0.4, -0.2) is 22.4 Å². The zero-order valence-corrected chi connectivity index (χ0v) is 10.5. The van der Waals surface area contributed by atoms with Crippen molar-refractivity contribution < 1.29 is 13.9 Å². The molecule has 0 aliphatic heterocycles. The Morgan fingerprint density at radius 2 is 2.16 bits per heavy atom. The monoisotopic (exact) mass is 260 g/mol. The molecule has 0 aliphatic rings. The molecular formula is C14H13FN2O2. The fourth-order valence-electron chi connectivity index (χ4n) is 1.47. The van der Waals surface area contributed by atoms with Gasteiger partial charge in [-0.15, -0.1) is 0 Å². The molecule has 0 unspecified atom stereocenters. The number of hydrogen-bond acceptors (Lipinski definition) is 3. The van der Waals surface area contributed by atoms with Gasteiger partial charge >= 0.3 is 5.97 Å². The van der Waals surface area contributed by atoms with E-state index in [-0.39, 0.29) is 18.0 Å². The first kappa shape index (κ1) is 13.0. The molecule has 2 aromatic rings. The second-order valence-electron chi connectivity index (χ2n) is 4.13. The van der Waals surface area contributed by atoms with Crippen molar-refractivity contribution in [3.63, 3.8) is 0 Å². The van der Waals surface area contributed by atoms with E-state index in [1.54, 1.807) is 25.1 Å². The highest BCUT2D eigenvalue weighted by atomic mass is 19.1. The lowest BCUT2D eigenvalue weighted by molar-refractivity contribution is 0.0533. The van der Waals surface area contributed by atoms with E-state index in [0.717, 1.165) is 5.57 Å². The molecule has 19 heavy (non-hydrogen) atoms. The average molecular weight is 260 g/mol. The molecule has 0 spiro atoms. The van der Waals surface area contributed by atoms with E-state index in [4.69, 9.17) is 4.74 Å². The van der Waals surface area contributed by atoms with E-state index >= 15 is 0 Å². The fraction of sp³-hybridized carbons (Fsp3) is 0.143. The van der Waals surface area contributed by atoms with Gasteiger partial charge in [0.05, 0.1) is 0 Å². The van der Waals surface area contributed by atoms with Crippen molar-refractivity contribution in [2.75, 3.05) is 6.61 Å². The quantitative estimate of drug-likeness (QED) is 0.627. The van der Waals surface area contributed by atoms with Crippen LogP contribution in [-0.2, 0) is 4.74 Å². The molecule has 1 aromatic carbocycles. The molecule has 1 aromatic heterocycles. The average Bonchev–Trinajstić information content (AvgIpc) is 2.86. The third-order valence-electron chi connectivity index (χ3n) is 2.35. The van der Waals surface area contributed by atoms with Gasteiger partial charge in [0, 0.05) is 6.20 Å². The Hall–Kier alpha value is -2.43. The van der Waals surface area contributed by atoms with Gasteiger partial charge in [-0.2, -0.15) is 5.10 Å². The number of hydrogen-bond donors (Lipinski definition) is 0. The first-order chi connectivity index (χ1) is 9.08. The number of benzene rings is 1. The van der Waals surface area contributed by atoms with Crippen LogP contribution < -0.4 is 0 Å². The Morgan fingerprint density at radius 3 is 2.84 bits per heavy atom. The number of carbonyl (C=O) groups excluding carboxylic acids is 1. The predicted octanol–water partition coefficient (Wildman–Crippen LogP) is 2.74. The number of nitrogens with zero attached hydrogens (tertiary/aromatic N) is 2. The minimum Gasteiger partial charge on any atom is -0.456 e. The lowest BCUT2D eigenvalue weighted by Gasteiger charge is -2.03. The Balaban J connectivity index is 2.18. The maximum atomic E-state index is 13.6. The standard InChI is InChI=1S/C14H13FN2O2/c1-10(2)9-19-14(18)12-7-8-17(16-12)13-6-4-3-5-11(13)15/h3-8H,1,9H2,2H3. The lowest BCUT2D eigenvalue weighted by Crippen LogP contribution is -2.08. The number of carbonyl (C=O) groups is 1. The highest BCUT2D eigenvalue weighted by Crippen LogP contribution is 2.12. The third-order valence-corrected chi connectivity index (χ3v) is 2.35. The summed E-state index contributed by atoms with van der Waals surface area (Å²) in [6, 6.07) is 7.66. The first-order valence-electron chi connectivity index (χ1n) is 5.70. The van der Waals surface area contributed by atoms with Crippen LogP contribution in [0.4, 0.5) is 4.39 Å². The number of esters is 1. The second kappa shape index (κ2) is 5.48. The van der Waals surface area contributed by atoms with E-state index in [1.165, 1.54) is 23.0 Å². The van der Waals surface area contributed by atoms with E-state index in [9.17, 15) is 9.18 Å². The molecule has 98 valence electrons. The molecule has 0 aliphatic carbocycles. The van der Waals surface area contributed by atoms with Crippen LogP contribution in [0.25, 0.3) is 5.69 Å². The van der Waals surface area contributed by atoms with Crippen LogP contribution >= 0.6 is 0 Å². The summed E-state index contributed by atoms with van der Waals surface area (Å²) in [7, 11) is 0. The first-order valence-corrected chi connectivity index (χ1v) is 5.70. The van der Waals surface area contributed by atoms with Crippen molar-refractivity contribution in [3.05, 3.63) is 60.2 Å². The minimum atomic E-state index is -0.557. The summed E-state index contributed by atoms with van der Waals surface area (Å²) in [5, 5.41) is 3.99. The highest BCUT2D eigenvalue weighted by molar-refractivity contribution is 5.87. The van der Waals surface area contributed by atoms with Gasteiger partial charge < -0.3 is 4.74 Å². The minimum absolute atomic E-state index is 0.129. The largest absolute Gasteiger partial charge is 0.456 e. The molecule has 2 rings (SSSR count). The third kappa shape index (κ3) is 3.07. The van der Waals surface area contributed by atoms with Gasteiger partial charge in [0.1, 0.15) is 18.1 Å². The summed E-state index contributed by atoms with van der Waals surface area (Å²) in [5.74, 6) is -0.967. The van der Waals surface area contributed by atoms with Gasteiger partial charge in [-0.1, -0.05) is 18.7 Å². The molecule has 0 bridgehead atoms. The summed E-state index contributed by atoms with van der Waals surface area (Å²) in [6.45, 7) is 5.53. The van der Waals surface area contributed by atoms with Crippen LogP contribution in [0.5, 0.6) is 0 Å². The molecule has 1 heterocycles. The van der Waals surface area contributed by atoms with Crippen molar-refractivity contribution in [2.24, 2.45) is 0 Å². The second-order valence-corrected chi connectivity index (χ2v) is 4.13.